The zero-order valence-electron chi connectivity index (χ0n) is 12.8. The molecule has 1 saturated heterocycles. The zero-order chi connectivity index (χ0) is 16.2. The molecule has 0 radical (unpaired) electrons. The van der Waals surface area contributed by atoms with E-state index >= 15 is 0 Å². The van der Waals surface area contributed by atoms with Crippen LogP contribution in [0.15, 0.2) is 28.1 Å². The van der Waals surface area contributed by atoms with Gasteiger partial charge in [0, 0.05) is 13.1 Å². The Kier molecular flexibility index (Phi) is 4.88. The highest BCUT2D eigenvalue weighted by Crippen LogP contribution is 2.33. The standard InChI is InChI=1S/C16H18N2O4S/c1-2-22-13-9-11(3-4-12(13)19)10-14-15(20)17-16(23-14)18-5-7-21-8-6-18/h3-4,9-10,19H,2,5-8H2,1H3/b14-10-. The lowest BCUT2D eigenvalue weighted by molar-refractivity contribution is -0.113. The van der Waals surface area contributed by atoms with Crippen LogP contribution in [0.5, 0.6) is 11.5 Å². The molecule has 3 rings (SSSR count). The number of phenolic OH excluding ortho intramolecular Hbond substituents is 1. The van der Waals surface area contributed by atoms with Crippen molar-refractivity contribution in [1.29, 1.82) is 0 Å². The third kappa shape index (κ3) is 3.68. The number of amidine groups is 1. The topological polar surface area (TPSA) is 71.4 Å². The minimum absolute atomic E-state index is 0.0876. The Labute approximate surface area is 138 Å². The van der Waals surface area contributed by atoms with Crippen molar-refractivity contribution in [3.63, 3.8) is 0 Å². The minimum atomic E-state index is -0.234. The van der Waals surface area contributed by atoms with E-state index in [1.54, 1.807) is 24.3 Å². The summed E-state index contributed by atoms with van der Waals surface area (Å²) in [6.07, 6.45) is 1.77. The van der Waals surface area contributed by atoms with Crippen LogP contribution >= 0.6 is 11.8 Å². The van der Waals surface area contributed by atoms with E-state index in [0.29, 0.717) is 30.5 Å². The zero-order valence-corrected chi connectivity index (χ0v) is 13.6. The van der Waals surface area contributed by atoms with Gasteiger partial charge in [0.1, 0.15) is 0 Å². The number of carbonyl (C=O) groups excluding carboxylic acids is 1. The molecule has 1 amide bonds. The van der Waals surface area contributed by atoms with E-state index < -0.39 is 0 Å². The molecule has 6 nitrogen and oxygen atoms in total. The molecule has 7 heteroatoms. The van der Waals surface area contributed by atoms with Crippen molar-refractivity contribution < 1.29 is 19.4 Å². The average molecular weight is 334 g/mol. The van der Waals surface area contributed by atoms with Gasteiger partial charge in [0.25, 0.3) is 5.91 Å². The summed E-state index contributed by atoms with van der Waals surface area (Å²) in [5.74, 6) is 0.263. The quantitative estimate of drug-likeness (QED) is 0.854. The number of ether oxygens (including phenoxy) is 2. The number of phenols is 1. The smallest absolute Gasteiger partial charge is 0.286 e. The highest BCUT2D eigenvalue weighted by atomic mass is 32.2. The molecule has 2 aliphatic rings. The van der Waals surface area contributed by atoms with Crippen molar-refractivity contribution in [2.75, 3.05) is 32.9 Å². The van der Waals surface area contributed by atoms with Gasteiger partial charge in [-0.2, -0.15) is 4.99 Å². The summed E-state index contributed by atoms with van der Waals surface area (Å²) >= 11 is 1.37. The number of hydrogen-bond donors (Lipinski definition) is 1. The fraction of sp³-hybridized carbons (Fsp3) is 0.375. The third-order valence-corrected chi connectivity index (χ3v) is 4.52. The van der Waals surface area contributed by atoms with Crippen molar-refractivity contribution >= 4 is 28.9 Å². The van der Waals surface area contributed by atoms with Crippen molar-refractivity contribution in [3.05, 3.63) is 28.7 Å². The van der Waals surface area contributed by atoms with Gasteiger partial charge in [-0.1, -0.05) is 6.07 Å². The van der Waals surface area contributed by atoms with Gasteiger partial charge >= 0.3 is 0 Å². The molecule has 0 aliphatic carbocycles. The van der Waals surface area contributed by atoms with Crippen LogP contribution in [0.1, 0.15) is 12.5 Å². The predicted molar refractivity (Wildman–Crippen MR) is 89.7 cm³/mol. The molecule has 0 saturated carbocycles. The average Bonchev–Trinajstić information content (AvgIpc) is 2.93. The highest BCUT2D eigenvalue weighted by molar-refractivity contribution is 8.18. The molecule has 2 aliphatic heterocycles. The van der Waals surface area contributed by atoms with E-state index in [-0.39, 0.29) is 11.7 Å². The largest absolute Gasteiger partial charge is 0.504 e. The van der Waals surface area contributed by atoms with E-state index in [2.05, 4.69) is 9.89 Å². The Balaban J connectivity index is 1.76. The summed E-state index contributed by atoms with van der Waals surface area (Å²) in [4.78, 5) is 18.9. The lowest BCUT2D eigenvalue weighted by Crippen LogP contribution is -2.38. The second-order valence-electron chi connectivity index (χ2n) is 5.07. The number of nitrogens with zero attached hydrogens (tertiary/aromatic N) is 2. The summed E-state index contributed by atoms with van der Waals surface area (Å²) in [5.41, 5.74) is 0.792. The summed E-state index contributed by atoms with van der Waals surface area (Å²) in [6.45, 7) is 5.13. The van der Waals surface area contributed by atoms with Crippen LogP contribution in [0.25, 0.3) is 6.08 Å². The molecule has 1 aromatic carbocycles. The van der Waals surface area contributed by atoms with E-state index in [0.717, 1.165) is 23.8 Å². The van der Waals surface area contributed by atoms with Crippen LogP contribution < -0.4 is 4.74 Å². The first-order valence-corrected chi connectivity index (χ1v) is 8.30. The molecule has 0 spiro atoms. The van der Waals surface area contributed by atoms with Gasteiger partial charge in [-0.15, -0.1) is 0 Å². The first kappa shape index (κ1) is 15.9. The Hall–Kier alpha value is -1.99. The van der Waals surface area contributed by atoms with Crippen LogP contribution in [0.4, 0.5) is 0 Å². The van der Waals surface area contributed by atoms with Gasteiger partial charge < -0.3 is 19.5 Å². The maximum Gasteiger partial charge on any atom is 0.286 e. The van der Waals surface area contributed by atoms with Crippen LogP contribution in [-0.4, -0.2) is 54.0 Å². The molecule has 0 bridgehead atoms. The third-order valence-electron chi connectivity index (χ3n) is 3.47. The second-order valence-corrected chi connectivity index (χ2v) is 6.08. The lowest BCUT2D eigenvalue weighted by atomic mass is 10.2. The number of thioether (sulfide) groups is 1. The molecule has 2 heterocycles. The van der Waals surface area contributed by atoms with Crippen molar-refractivity contribution in [1.82, 2.24) is 4.90 Å². The maximum atomic E-state index is 12.1. The molecule has 1 aromatic rings. The fourth-order valence-corrected chi connectivity index (χ4v) is 3.30. The lowest BCUT2D eigenvalue weighted by Gasteiger charge is -2.27. The summed E-state index contributed by atoms with van der Waals surface area (Å²) in [7, 11) is 0. The van der Waals surface area contributed by atoms with Gasteiger partial charge in [0.2, 0.25) is 0 Å². The SMILES string of the molecule is CCOc1cc(/C=C2\SC(N3CCOCC3)=NC2=O)ccc1O. The maximum absolute atomic E-state index is 12.1. The van der Waals surface area contributed by atoms with Gasteiger partial charge in [0.05, 0.1) is 24.7 Å². The number of aromatic hydroxyl groups is 1. The van der Waals surface area contributed by atoms with Gasteiger partial charge in [-0.05, 0) is 42.5 Å². The number of hydrogen-bond acceptors (Lipinski definition) is 6. The number of aliphatic imine (C=N–C) groups is 1. The molecule has 1 fully saturated rings. The van der Waals surface area contributed by atoms with Crippen LogP contribution in [0.2, 0.25) is 0 Å². The highest BCUT2D eigenvalue weighted by Gasteiger charge is 2.27. The molecule has 23 heavy (non-hydrogen) atoms. The number of morpholine rings is 1. The first-order valence-electron chi connectivity index (χ1n) is 7.48. The predicted octanol–water partition coefficient (Wildman–Crippen LogP) is 2.09. The fourth-order valence-electron chi connectivity index (χ4n) is 2.33. The summed E-state index contributed by atoms with van der Waals surface area (Å²) < 4.78 is 10.7. The minimum Gasteiger partial charge on any atom is -0.504 e. The number of carbonyl (C=O) groups is 1. The van der Waals surface area contributed by atoms with Gasteiger partial charge in [-0.25, -0.2) is 0 Å². The molecule has 0 aromatic heterocycles. The Morgan fingerprint density at radius 2 is 2.22 bits per heavy atom. The number of rotatable bonds is 3. The Bertz CT molecular complexity index is 666. The summed E-state index contributed by atoms with van der Waals surface area (Å²) in [6, 6.07) is 5.02. The second kappa shape index (κ2) is 7.06. The molecule has 0 unspecified atom stereocenters. The number of benzene rings is 1. The molecular formula is C16H18N2O4S. The molecule has 0 atom stereocenters. The van der Waals surface area contributed by atoms with E-state index in [9.17, 15) is 9.90 Å². The van der Waals surface area contributed by atoms with Crippen LogP contribution in [0.3, 0.4) is 0 Å². The summed E-state index contributed by atoms with van der Waals surface area (Å²) in [5, 5.41) is 10.5. The van der Waals surface area contributed by atoms with E-state index in [1.807, 2.05) is 6.92 Å². The van der Waals surface area contributed by atoms with Crippen molar-refractivity contribution in [2.24, 2.45) is 4.99 Å². The molecule has 1 N–H and O–H groups in total. The van der Waals surface area contributed by atoms with E-state index in [4.69, 9.17) is 9.47 Å². The van der Waals surface area contributed by atoms with Gasteiger partial charge in [-0.3, -0.25) is 4.79 Å². The Morgan fingerprint density at radius 3 is 2.96 bits per heavy atom. The van der Waals surface area contributed by atoms with Crippen LogP contribution in [-0.2, 0) is 9.53 Å². The normalized spacial score (nSPS) is 20.0. The first-order chi connectivity index (χ1) is 11.2. The monoisotopic (exact) mass is 334 g/mol. The molecular weight excluding hydrogens is 316 g/mol. The van der Waals surface area contributed by atoms with Crippen molar-refractivity contribution in [2.45, 2.75) is 6.92 Å². The van der Waals surface area contributed by atoms with Crippen molar-refractivity contribution in [3.8, 4) is 11.5 Å². The van der Waals surface area contributed by atoms with E-state index in [1.165, 1.54) is 11.8 Å². The van der Waals surface area contributed by atoms with Crippen LogP contribution in [0, 0.1) is 0 Å². The molecule has 122 valence electrons. The Morgan fingerprint density at radius 1 is 1.43 bits per heavy atom. The van der Waals surface area contributed by atoms with Gasteiger partial charge in [0.15, 0.2) is 16.7 Å². The number of amides is 1.